The maximum atomic E-state index is 12.9. The third kappa shape index (κ3) is 3.93. The molecule has 1 atom stereocenters. The van der Waals surface area contributed by atoms with Gasteiger partial charge in [-0.25, -0.2) is 0 Å². The first-order chi connectivity index (χ1) is 12.4. The van der Waals surface area contributed by atoms with Gasteiger partial charge in [-0.2, -0.15) is 0 Å². The second-order valence-corrected chi connectivity index (χ2v) is 8.14. The fraction of sp³-hybridized carbons (Fsp3) is 0.619. The van der Waals surface area contributed by atoms with Gasteiger partial charge in [-0.05, 0) is 51.3 Å². The van der Waals surface area contributed by atoms with E-state index in [0.29, 0.717) is 6.54 Å². The number of carbonyl (C=O) groups is 2. The van der Waals surface area contributed by atoms with Crippen LogP contribution in [0.5, 0.6) is 0 Å². The Balaban J connectivity index is 1.74. The second-order valence-electron chi connectivity index (χ2n) is 8.14. The van der Waals surface area contributed by atoms with Gasteiger partial charge in [0.05, 0.1) is 12.5 Å². The van der Waals surface area contributed by atoms with Gasteiger partial charge in [0.2, 0.25) is 11.8 Å². The van der Waals surface area contributed by atoms with Crippen molar-refractivity contribution in [3.8, 4) is 0 Å². The van der Waals surface area contributed by atoms with Crippen molar-refractivity contribution in [1.82, 2.24) is 14.7 Å². The van der Waals surface area contributed by atoms with Crippen LogP contribution in [-0.4, -0.2) is 73.3 Å². The number of amides is 2. The van der Waals surface area contributed by atoms with Gasteiger partial charge in [0.25, 0.3) is 0 Å². The molecule has 0 unspecified atom stereocenters. The molecule has 5 heteroatoms. The second kappa shape index (κ2) is 7.78. The average Bonchev–Trinajstić information content (AvgIpc) is 2.64. The molecule has 0 aromatic heterocycles. The van der Waals surface area contributed by atoms with Crippen LogP contribution >= 0.6 is 0 Å². The summed E-state index contributed by atoms with van der Waals surface area (Å²) in [6.45, 7) is 5.74. The van der Waals surface area contributed by atoms with Gasteiger partial charge in [0.15, 0.2) is 0 Å². The summed E-state index contributed by atoms with van der Waals surface area (Å²) in [4.78, 5) is 31.2. The minimum atomic E-state index is -0.0473. The largest absolute Gasteiger partial charge is 0.342 e. The van der Waals surface area contributed by atoms with Crippen LogP contribution in [0.3, 0.4) is 0 Å². The summed E-state index contributed by atoms with van der Waals surface area (Å²) in [6, 6.07) is 10.2. The number of hydrogen-bond donors (Lipinski definition) is 0. The van der Waals surface area contributed by atoms with Crippen LogP contribution in [0.25, 0.3) is 0 Å². The lowest BCUT2D eigenvalue weighted by molar-refractivity contribution is -0.144. The first kappa shape index (κ1) is 18.9. The average molecular weight is 357 g/mol. The summed E-state index contributed by atoms with van der Waals surface area (Å²) in [5, 5.41) is 0. The van der Waals surface area contributed by atoms with E-state index in [0.717, 1.165) is 51.0 Å². The Labute approximate surface area is 156 Å². The van der Waals surface area contributed by atoms with Crippen molar-refractivity contribution in [2.45, 2.75) is 32.1 Å². The van der Waals surface area contributed by atoms with E-state index in [4.69, 9.17) is 0 Å². The summed E-state index contributed by atoms with van der Waals surface area (Å²) in [7, 11) is 3.86. The molecule has 0 aliphatic carbocycles. The van der Waals surface area contributed by atoms with Crippen LogP contribution in [0, 0.1) is 5.41 Å². The van der Waals surface area contributed by atoms with Crippen molar-refractivity contribution in [2.24, 2.45) is 5.41 Å². The molecule has 1 aromatic rings. The van der Waals surface area contributed by atoms with Gasteiger partial charge in [-0.1, -0.05) is 30.3 Å². The zero-order chi connectivity index (χ0) is 18.7. The first-order valence-electron chi connectivity index (χ1n) is 9.70. The number of likely N-dealkylation sites (N-methyl/N-ethyl adjacent to an activating group) is 2. The van der Waals surface area contributed by atoms with Crippen LogP contribution < -0.4 is 0 Å². The minimum Gasteiger partial charge on any atom is -0.342 e. The zero-order valence-electron chi connectivity index (χ0n) is 16.3. The lowest BCUT2D eigenvalue weighted by Crippen LogP contribution is -2.55. The van der Waals surface area contributed by atoms with E-state index in [-0.39, 0.29) is 23.1 Å². The maximum Gasteiger partial charge on any atom is 0.236 e. The highest BCUT2D eigenvalue weighted by Crippen LogP contribution is 2.45. The van der Waals surface area contributed by atoms with E-state index in [1.165, 1.54) is 0 Å². The number of nitrogens with zero attached hydrogens (tertiary/aromatic N) is 3. The molecular formula is C21H31N3O2. The van der Waals surface area contributed by atoms with Crippen molar-refractivity contribution in [3.63, 3.8) is 0 Å². The van der Waals surface area contributed by atoms with Crippen molar-refractivity contribution in [3.05, 3.63) is 35.9 Å². The topological polar surface area (TPSA) is 43.9 Å². The molecule has 2 heterocycles. The number of hydrogen-bond acceptors (Lipinski definition) is 3. The Hall–Kier alpha value is -1.88. The molecule has 1 aromatic carbocycles. The Morgan fingerprint density at radius 1 is 1.19 bits per heavy atom. The molecule has 2 aliphatic heterocycles. The predicted octanol–water partition coefficient (Wildman–Crippen LogP) is 2.19. The molecule has 2 amide bonds. The highest BCUT2D eigenvalue weighted by atomic mass is 16.2. The molecule has 3 rings (SSSR count). The monoisotopic (exact) mass is 357 g/mol. The molecule has 1 spiro atoms. The molecular weight excluding hydrogens is 326 g/mol. The van der Waals surface area contributed by atoms with Crippen molar-refractivity contribution < 1.29 is 9.59 Å². The SMILES string of the molecule is CCN1CC2(CCN(C(=O)CN(C)C)CC2)C[C@H](c2ccccc2)C1=O. The molecule has 5 nitrogen and oxygen atoms in total. The van der Waals surface area contributed by atoms with Crippen molar-refractivity contribution >= 4 is 11.8 Å². The number of rotatable bonds is 4. The van der Waals surface area contributed by atoms with Crippen molar-refractivity contribution in [1.29, 1.82) is 0 Å². The first-order valence-corrected chi connectivity index (χ1v) is 9.70. The maximum absolute atomic E-state index is 12.9. The fourth-order valence-electron chi connectivity index (χ4n) is 4.46. The van der Waals surface area contributed by atoms with E-state index in [9.17, 15) is 9.59 Å². The molecule has 26 heavy (non-hydrogen) atoms. The van der Waals surface area contributed by atoms with E-state index in [1.54, 1.807) is 0 Å². The van der Waals surface area contributed by atoms with Gasteiger partial charge < -0.3 is 14.7 Å². The van der Waals surface area contributed by atoms with Crippen LogP contribution in [0.2, 0.25) is 0 Å². The number of benzene rings is 1. The molecule has 142 valence electrons. The molecule has 0 radical (unpaired) electrons. The predicted molar refractivity (Wildman–Crippen MR) is 103 cm³/mol. The molecule has 0 saturated carbocycles. The van der Waals surface area contributed by atoms with Gasteiger partial charge in [0, 0.05) is 26.2 Å². The zero-order valence-corrected chi connectivity index (χ0v) is 16.3. The summed E-state index contributed by atoms with van der Waals surface area (Å²) in [5.74, 6) is 0.424. The van der Waals surface area contributed by atoms with E-state index in [1.807, 2.05) is 47.0 Å². The smallest absolute Gasteiger partial charge is 0.236 e. The summed E-state index contributed by atoms with van der Waals surface area (Å²) >= 11 is 0. The lowest BCUT2D eigenvalue weighted by Gasteiger charge is -2.49. The van der Waals surface area contributed by atoms with Gasteiger partial charge in [-0.15, -0.1) is 0 Å². The van der Waals surface area contributed by atoms with Crippen LogP contribution in [0.1, 0.15) is 37.7 Å². The Morgan fingerprint density at radius 2 is 1.85 bits per heavy atom. The van der Waals surface area contributed by atoms with Crippen LogP contribution in [-0.2, 0) is 9.59 Å². The standard InChI is InChI=1S/C21H31N3O2/c1-4-23-16-21(10-12-24(13-11-21)19(25)15-22(2)3)14-18(20(23)26)17-8-6-5-7-9-17/h5-9,18H,4,10-16H2,1-3H3/t18-/m1/s1. The fourth-order valence-corrected chi connectivity index (χ4v) is 4.46. The lowest BCUT2D eigenvalue weighted by atomic mass is 9.67. The number of likely N-dealkylation sites (tertiary alicyclic amines) is 2. The summed E-state index contributed by atoms with van der Waals surface area (Å²) < 4.78 is 0. The quantitative estimate of drug-likeness (QED) is 0.830. The van der Waals surface area contributed by atoms with Crippen LogP contribution in [0.4, 0.5) is 0 Å². The number of carbonyl (C=O) groups excluding carboxylic acids is 2. The molecule has 0 bridgehead atoms. The summed E-state index contributed by atoms with van der Waals surface area (Å²) in [5.41, 5.74) is 1.26. The molecule has 2 fully saturated rings. The Bertz CT molecular complexity index is 636. The number of piperidine rings is 2. The van der Waals surface area contributed by atoms with Gasteiger partial charge in [-0.3, -0.25) is 9.59 Å². The van der Waals surface area contributed by atoms with Crippen LogP contribution in [0.15, 0.2) is 30.3 Å². The molecule has 2 aliphatic rings. The van der Waals surface area contributed by atoms with Gasteiger partial charge >= 0.3 is 0 Å². The van der Waals surface area contributed by atoms with Gasteiger partial charge in [0.1, 0.15) is 0 Å². The van der Waals surface area contributed by atoms with Crippen molar-refractivity contribution in [2.75, 3.05) is 46.8 Å². The van der Waals surface area contributed by atoms with E-state index in [2.05, 4.69) is 19.1 Å². The minimum absolute atomic E-state index is 0.0473. The summed E-state index contributed by atoms with van der Waals surface area (Å²) in [6.07, 6.45) is 2.88. The highest BCUT2D eigenvalue weighted by Gasteiger charge is 2.46. The Morgan fingerprint density at radius 3 is 2.42 bits per heavy atom. The van der Waals surface area contributed by atoms with E-state index < -0.39 is 0 Å². The normalized spacial score (nSPS) is 22.9. The third-order valence-corrected chi connectivity index (χ3v) is 5.99. The third-order valence-electron chi connectivity index (χ3n) is 5.99. The molecule has 2 saturated heterocycles. The highest BCUT2D eigenvalue weighted by molar-refractivity contribution is 5.85. The van der Waals surface area contributed by atoms with E-state index >= 15 is 0 Å². The Kier molecular flexibility index (Phi) is 5.66. The molecule has 0 N–H and O–H groups in total.